The molecular weight excluding hydrogens is 330 g/mol. The summed E-state index contributed by atoms with van der Waals surface area (Å²) in [6.07, 6.45) is -1.59. The van der Waals surface area contributed by atoms with Crippen LogP contribution >= 0.6 is 0 Å². The predicted octanol–water partition coefficient (Wildman–Crippen LogP) is 2.54. The van der Waals surface area contributed by atoms with Gasteiger partial charge in [0.2, 0.25) is 0 Å². The van der Waals surface area contributed by atoms with Gasteiger partial charge in [-0.15, -0.1) is 0 Å². The molecule has 6 nitrogen and oxygen atoms in total. The molecule has 128 valence electrons. The quantitative estimate of drug-likeness (QED) is 0.811. The lowest BCUT2D eigenvalue weighted by Crippen LogP contribution is -2.34. The lowest BCUT2D eigenvalue weighted by Gasteiger charge is -2.18. The first-order chi connectivity index (χ1) is 11.4. The maximum Gasteiger partial charge on any atom is 0.333 e. The van der Waals surface area contributed by atoms with Crippen LogP contribution in [0.3, 0.4) is 0 Å². The van der Waals surface area contributed by atoms with Gasteiger partial charge < -0.3 is 9.47 Å². The minimum absolute atomic E-state index is 0.0822. The second-order valence-corrected chi connectivity index (χ2v) is 6.89. The van der Waals surface area contributed by atoms with Crippen LogP contribution in [0.4, 0.5) is 0 Å². The Hall–Kier alpha value is -1.77. The third-order valence-electron chi connectivity index (χ3n) is 3.94. The van der Waals surface area contributed by atoms with Crippen molar-refractivity contribution in [1.82, 2.24) is 4.72 Å². The third kappa shape index (κ3) is 4.00. The van der Waals surface area contributed by atoms with E-state index in [1.165, 1.54) is 0 Å². The Kier molecular flexibility index (Phi) is 4.98. The molecule has 2 aromatic carbocycles. The van der Waals surface area contributed by atoms with Gasteiger partial charge in [-0.3, -0.25) is 4.55 Å². The van der Waals surface area contributed by atoms with Gasteiger partial charge in [-0.25, -0.2) is 0 Å². The van der Waals surface area contributed by atoms with Gasteiger partial charge in [0.15, 0.2) is 6.29 Å². The smallest absolute Gasteiger partial charge is 0.333 e. The fraction of sp³-hybridized carbons (Fsp3) is 0.294. The van der Waals surface area contributed by atoms with Gasteiger partial charge >= 0.3 is 10.3 Å². The van der Waals surface area contributed by atoms with Gasteiger partial charge in [-0.1, -0.05) is 54.6 Å². The molecule has 0 amide bonds. The standard InChI is InChI=1S/C17H19NO5S/c1-12-7-5-6-10-14(12)16-15(11-18-24(19,20)21)22-17(23-16)13-8-3-2-4-9-13/h2-10,15-18H,11H2,1H3,(H,19,20,21). The molecule has 1 saturated heterocycles. The van der Waals surface area contributed by atoms with Gasteiger partial charge in [0.25, 0.3) is 0 Å². The van der Waals surface area contributed by atoms with Crippen LogP contribution in [0.25, 0.3) is 0 Å². The highest BCUT2D eigenvalue weighted by molar-refractivity contribution is 7.83. The van der Waals surface area contributed by atoms with Crippen LogP contribution in [0.2, 0.25) is 0 Å². The highest BCUT2D eigenvalue weighted by atomic mass is 32.2. The maximum atomic E-state index is 11.0. The van der Waals surface area contributed by atoms with Crippen molar-refractivity contribution >= 4 is 10.3 Å². The monoisotopic (exact) mass is 349 g/mol. The Balaban J connectivity index is 1.86. The second-order valence-electron chi connectivity index (χ2n) is 5.65. The van der Waals surface area contributed by atoms with Gasteiger partial charge in [-0.2, -0.15) is 13.1 Å². The van der Waals surface area contributed by atoms with Gasteiger partial charge in [0, 0.05) is 12.1 Å². The fourth-order valence-corrected chi connectivity index (χ4v) is 3.15. The van der Waals surface area contributed by atoms with Crippen molar-refractivity contribution in [3.8, 4) is 0 Å². The summed E-state index contributed by atoms with van der Waals surface area (Å²) in [5, 5.41) is 0. The normalized spacial score (nSPS) is 24.2. The highest BCUT2D eigenvalue weighted by Crippen LogP contribution is 2.40. The Labute approximate surface area is 141 Å². The van der Waals surface area contributed by atoms with Gasteiger partial charge in [0.1, 0.15) is 12.2 Å². The molecule has 1 aliphatic rings. The summed E-state index contributed by atoms with van der Waals surface area (Å²) >= 11 is 0. The van der Waals surface area contributed by atoms with Crippen LogP contribution in [0.1, 0.15) is 29.1 Å². The van der Waals surface area contributed by atoms with E-state index < -0.39 is 28.8 Å². The van der Waals surface area contributed by atoms with E-state index in [0.717, 1.165) is 16.7 Å². The van der Waals surface area contributed by atoms with Crippen molar-refractivity contribution in [3.05, 3.63) is 71.3 Å². The SMILES string of the molecule is Cc1ccccc1C1OC(c2ccccc2)OC1CNS(=O)(=O)O. The predicted molar refractivity (Wildman–Crippen MR) is 88.6 cm³/mol. The molecule has 0 aromatic heterocycles. The highest BCUT2D eigenvalue weighted by Gasteiger charge is 2.38. The Bertz CT molecular complexity index is 794. The average molecular weight is 349 g/mol. The molecule has 3 rings (SSSR count). The van der Waals surface area contributed by atoms with Crippen LogP contribution in [-0.2, 0) is 19.8 Å². The number of ether oxygens (including phenoxy) is 2. The number of hydrogen-bond acceptors (Lipinski definition) is 4. The summed E-state index contributed by atoms with van der Waals surface area (Å²) in [6.45, 7) is 1.88. The molecule has 1 fully saturated rings. The molecule has 2 aromatic rings. The van der Waals surface area contributed by atoms with E-state index in [1.807, 2.05) is 61.5 Å². The molecule has 2 N–H and O–H groups in total. The summed E-state index contributed by atoms with van der Waals surface area (Å²) in [5.74, 6) is 0. The number of rotatable bonds is 5. The van der Waals surface area contributed by atoms with E-state index in [-0.39, 0.29) is 6.54 Å². The summed E-state index contributed by atoms with van der Waals surface area (Å²) < 4.78 is 45.0. The minimum atomic E-state index is -4.30. The summed E-state index contributed by atoms with van der Waals surface area (Å²) in [7, 11) is -4.30. The number of aryl methyl sites for hydroxylation is 1. The van der Waals surface area contributed by atoms with Crippen molar-refractivity contribution in [1.29, 1.82) is 0 Å². The molecule has 0 bridgehead atoms. The minimum Gasteiger partial charge on any atom is -0.341 e. The summed E-state index contributed by atoms with van der Waals surface area (Å²) in [5.41, 5.74) is 2.81. The van der Waals surface area contributed by atoms with Crippen LogP contribution in [0, 0.1) is 6.92 Å². The first-order valence-corrected chi connectivity index (χ1v) is 9.01. The van der Waals surface area contributed by atoms with Crippen molar-refractivity contribution < 1.29 is 22.4 Å². The zero-order valence-electron chi connectivity index (χ0n) is 13.1. The van der Waals surface area contributed by atoms with Crippen molar-refractivity contribution in [2.45, 2.75) is 25.4 Å². The van der Waals surface area contributed by atoms with Gasteiger partial charge in [0.05, 0.1) is 0 Å². The second kappa shape index (κ2) is 7.00. The maximum absolute atomic E-state index is 11.0. The molecule has 24 heavy (non-hydrogen) atoms. The van der Waals surface area contributed by atoms with E-state index in [9.17, 15) is 8.42 Å². The molecule has 0 radical (unpaired) electrons. The van der Waals surface area contributed by atoms with Crippen LogP contribution in [-0.4, -0.2) is 25.6 Å². The lowest BCUT2D eigenvalue weighted by molar-refractivity contribution is -0.0688. The van der Waals surface area contributed by atoms with E-state index in [2.05, 4.69) is 4.72 Å². The lowest BCUT2D eigenvalue weighted by atomic mass is 10.00. The molecular formula is C17H19NO5S. The fourth-order valence-electron chi connectivity index (χ4n) is 2.77. The molecule has 3 atom stereocenters. The Morgan fingerprint density at radius 2 is 1.71 bits per heavy atom. The van der Waals surface area contributed by atoms with Crippen LogP contribution in [0.5, 0.6) is 0 Å². The van der Waals surface area contributed by atoms with Gasteiger partial charge in [-0.05, 0) is 18.1 Å². The Morgan fingerprint density at radius 3 is 2.38 bits per heavy atom. The topological polar surface area (TPSA) is 84.9 Å². The summed E-state index contributed by atoms with van der Waals surface area (Å²) in [6, 6.07) is 17.1. The van der Waals surface area contributed by atoms with E-state index in [0.29, 0.717) is 0 Å². The van der Waals surface area contributed by atoms with Crippen molar-refractivity contribution in [3.63, 3.8) is 0 Å². The molecule has 1 aliphatic heterocycles. The van der Waals surface area contributed by atoms with E-state index in [1.54, 1.807) is 0 Å². The first-order valence-electron chi connectivity index (χ1n) is 7.57. The van der Waals surface area contributed by atoms with Crippen LogP contribution in [0.15, 0.2) is 54.6 Å². The first kappa shape index (κ1) is 17.1. The molecule has 1 heterocycles. The molecule has 0 saturated carbocycles. The largest absolute Gasteiger partial charge is 0.341 e. The number of hydrogen-bond donors (Lipinski definition) is 2. The van der Waals surface area contributed by atoms with E-state index in [4.69, 9.17) is 14.0 Å². The average Bonchev–Trinajstić information content (AvgIpc) is 2.98. The zero-order chi connectivity index (χ0) is 17.2. The van der Waals surface area contributed by atoms with Crippen molar-refractivity contribution in [2.75, 3.05) is 6.54 Å². The third-order valence-corrected chi connectivity index (χ3v) is 4.47. The summed E-state index contributed by atoms with van der Waals surface area (Å²) in [4.78, 5) is 0. The van der Waals surface area contributed by atoms with Crippen LogP contribution < -0.4 is 4.72 Å². The van der Waals surface area contributed by atoms with E-state index >= 15 is 0 Å². The molecule has 0 spiro atoms. The molecule has 0 aliphatic carbocycles. The van der Waals surface area contributed by atoms with Crippen molar-refractivity contribution in [2.24, 2.45) is 0 Å². The molecule has 3 unspecified atom stereocenters. The molecule has 7 heteroatoms. The number of benzene rings is 2. The Morgan fingerprint density at radius 1 is 1.04 bits per heavy atom. The number of nitrogens with one attached hydrogen (secondary N) is 1. The zero-order valence-corrected chi connectivity index (χ0v) is 13.9.